The average Bonchev–Trinajstić information content (AvgIpc) is 2.64. The van der Waals surface area contributed by atoms with Crippen LogP contribution in [0.2, 0.25) is 0 Å². The standard InChI is InChI=1S/C17H17BrN4O2/c18-14-3-1-2-4-15(14)20-17(24)13-5-6-16(19-11-13)22-9-7-21(12-23)8-10-22/h1-6,11-12H,7-10H2,(H,20,24). The summed E-state index contributed by atoms with van der Waals surface area (Å²) in [6.45, 7) is 2.87. The summed E-state index contributed by atoms with van der Waals surface area (Å²) in [5.41, 5.74) is 1.22. The SMILES string of the molecule is O=CN1CCN(c2ccc(C(=O)Nc3ccccc3Br)cn2)CC1. The minimum Gasteiger partial charge on any atom is -0.353 e. The molecule has 2 heterocycles. The summed E-state index contributed by atoms with van der Waals surface area (Å²) in [6, 6.07) is 11.1. The number of benzene rings is 1. The highest BCUT2D eigenvalue weighted by Crippen LogP contribution is 2.22. The number of aromatic nitrogens is 1. The molecule has 0 atom stereocenters. The third-order valence-electron chi connectivity index (χ3n) is 3.92. The molecule has 1 fully saturated rings. The molecule has 0 aliphatic carbocycles. The number of anilines is 2. The summed E-state index contributed by atoms with van der Waals surface area (Å²) in [4.78, 5) is 31.3. The molecule has 3 rings (SSSR count). The maximum atomic E-state index is 12.3. The van der Waals surface area contributed by atoms with E-state index in [2.05, 4.69) is 31.1 Å². The molecule has 7 heteroatoms. The van der Waals surface area contributed by atoms with Gasteiger partial charge in [-0.2, -0.15) is 0 Å². The maximum Gasteiger partial charge on any atom is 0.257 e. The van der Waals surface area contributed by atoms with Gasteiger partial charge in [-0.25, -0.2) is 4.98 Å². The van der Waals surface area contributed by atoms with Gasteiger partial charge < -0.3 is 15.1 Å². The van der Waals surface area contributed by atoms with Crippen LogP contribution in [0.15, 0.2) is 47.1 Å². The molecule has 0 spiro atoms. The van der Waals surface area contributed by atoms with Crippen LogP contribution in [0.3, 0.4) is 0 Å². The molecule has 24 heavy (non-hydrogen) atoms. The van der Waals surface area contributed by atoms with Crippen molar-refractivity contribution < 1.29 is 9.59 Å². The predicted molar refractivity (Wildman–Crippen MR) is 96.2 cm³/mol. The van der Waals surface area contributed by atoms with Gasteiger partial charge >= 0.3 is 0 Å². The van der Waals surface area contributed by atoms with E-state index in [1.165, 1.54) is 0 Å². The summed E-state index contributed by atoms with van der Waals surface area (Å²) in [6.07, 6.45) is 2.45. The van der Waals surface area contributed by atoms with Crippen LogP contribution in [-0.2, 0) is 4.79 Å². The number of carbonyl (C=O) groups excluding carboxylic acids is 2. The zero-order chi connectivity index (χ0) is 16.9. The van der Waals surface area contributed by atoms with Crippen LogP contribution in [0.25, 0.3) is 0 Å². The van der Waals surface area contributed by atoms with Gasteiger partial charge in [0, 0.05) is 36.8 Å². The lowest BCUT2D eigenvalue weighted by molar-refractivity contribution is -0.118. The van der Waals surface area contributed by atoms with Crippen molar-refractivity contribution in [3.63, 3.8) is 0 Å². The van der Waals surface area contributed by atoms with Gasteiger partial charge in [0.2, 0.25) is 6.41 Å². The second kappa shape index (κ2) is 7.44. The second-order valence-electron chi connectivity index (χ2n) is 5.47. The lowest BCUT2D eigenvalue weighted by Gasteiger charge is -2.33. The zero-order valence-electron chi connectivity index (χ0n) is 13.0. The van der Waals surface area contributed by atoms with Crippen LogP contribution in [0, 0.1) is 0 Å². The lowest BCUT2D eigenvalue weighted by atomic mass is 10.2. The van der Waals surface area contributed by atoms with Gasteiger partial charge in [-0.1, -0.05) is 12.1 Å². The van der Waals surface area contributed by atoms with Crippen LogP contribution in [0.4, 0.5) is 11.5 Å². The van der Waals surface area contributed by atoms with E-state index in [4.69, 9.17) is 0 Å². The third-order valence-corrected chi connectivity index (χ3v) is 4.61. The number of piperazine rings is 1. The lowest BCUT2D eigenvalue weighted by Crippen LogP contribution is -2.46. The maximum absolute atomic E-state index is 12.3. The summed E-state index contributed by atoms with van der Waals surface area (Å²) < 4.78 is 0.830. The van der Waals surface area contributed by atoms with Crippen molar-refractivity contribution in [2.24, 2.45) is 0 Å². The first-order valence-electron chi connectivity index (χ1n) is 7.63. The van der Waals surface area contributed by atoms with E-state index < -0.39 is 0 Å². The second-order valence-corrected chi connectivity index (χ2v) is 6.32. The number of rotatable bonds is 4. The van der Waals surface area contributed by atoms with Crippen LogP contribution >= 0.6 is 15.9 Å². The summed E-state index contributed by atoms with van der Waals surface area (Å²) >= 11 is 3.41. The molecule has 0 radical (unpaired) electrons. The third kappa shape index (κ3) is 3.73. The molecule has 6 nitrogen and oxygen atoms in total. The van der Waals surface area contributed by atoms with E-state index in [9.17, 15) is 9.59 Å². The van der Waals surface area contributed by atoms with Gasteiger partial charge in [0.15, 0.2) is 0 Å². The summed E-state index contributed by atoms with van der Waals surface area (Å²) in [5.74, 6) is 0.615. The number of carbonyl (C=O) groups is 2. The molecule has 1 aromatic heterocycles. The Labute approximate surface area is 148 Å². The number of para-hydroxylation sites is 1. The van der Waals surface area contributed by atoms with Crippen LogP contribution < -0.4 is 10.2 Å². The molecule has 1 aliphatic heterocycles. The van der Waals surface area contributed by atoms with Gasteiger partial charge in [0.05, 0.1) is 11.3 Å². The van der Waals surface area contributed by atoms with Crippen molar-refractivity contribution in [3.8, 4) is 0 Å². The predicted octanol–water partition coefficient (Wildman–Crippen LogP) is 2.37. The normalized spacial score (nSPS) is 14.4. The number of nitrogens with one attached hydrogen (secondary N) is 1. The van der Waals surface area contributed by atoms with Gasteiger partial charge in [-0.3, -0.25) is 9.59 Å². The minimum atomic E-state index is -0.202. The largest absolute Gasteiger partial charge is 0.353 e. The fraction of sp³-hybridized carbons (Fsp3) is 0.235. The fourth-order valence-electron chi connectivity index (χ4n) is 2.52. The topological polar surface area (TPSA) is 65.5 Å². The Balaban J connectivity index is 1.65. The Hall–Kier alpha value is -2.41. The Morgan fingerprint density at radius 1 is 1.12 bits per heavy atom. The van der Waals surface area contributed by atoms with E-state index in [0.29, 0.717) is 18.7 Å². The minimum absolute atomic E-state index is 0.202. The van der Waals surface area contributed by atoms with E-state index in [0.717, 1.165) is 35.5 Å². The van der Waals surface area contributed by atoms with Crippen LogP contribution in [0.1, 0.15) is 10.4 Å². The highest BCUT2D eigenvalue weighted by molar-refractivity contribution is 9.10. The highest BCUT2D eigenvalue weighted by Gasteiger charge is 2.17. The van der Waals surface area contributed by atoms with Gasteiger partial charge in [-0.15, -0.1) is 0 Å². The number of halogens is 1. The number of nitrogens with zero attached hydrogens (tertiary/aromatic N) is 3. The average molecular weight is 389 g/mol. The van der Waals surface area contributed by atoms with Crippen molar-refractivity contribution >= 4 is 39.8 Å². The molecule has 0 saturated carbocycles. The Morgan fingerprint density at radius 3 is 2.50 bits per heavy atom. The number of amides is 2. The Bertz CT molecular complexity index is 728. The Morgan fingerprint density at radius 2 is 1.88 bits per heavy atom. The van der Waals surface area contributed by atoms with E-state index in [1.54, 1.807) is 17.2 Å². The molecule has 0 unspecified atom stereocenters. The summed E-state index contributed by atoms with van der Waals surface area (Å²) in [7, 11) is 0. The number of hydrogen-bond acceptors (Lipinski definition) is 4. The van der Waals surface area contributed by atoms with Crippen molar-refractivity contribution in [3.05, 3.63) is 52.6 Å². The van der Waals surface area contributed by atoms with Gasteiger partial charge in [0.1, 0.15) is 5.82 Å². The van der Waals surface area contributed by atoms with Crippen LogP contribution in [0.5, 0.6) is 0 Å². The van der Waals surface area contributed by atoms with Gasteiger partial charge in [0.25, 0.3) is 5.91 Å². The first-order chi connectivity index (χ1) is 11.7. The summed E-state index contributed by atoms with van der Waals surface area (Å²) in [5, 5.41) is 2.85. The molecular formula is C17H17BrN4O2. The molecule has 0 bridgehead atoms. The molecule has 2 amide bonds. The Kier molecular flexibility index (Phi) is 5.10. The van der Waals surface area contributed by atoms with E-state index >= 15 is 0 Å². The van der Waals surface area contributed by atoms with Crippen molar-refractivity contribution in [2.75, 3.05) is 36.4 Å². The molecule has 124 valence electrons. The van der Waals surface area contributed by atoms with E-state index in [-0.39, 0.29) is 5.91 Å². The molecule has 1 aromatic carbocycles. The monoisotopic (exact) mass is 388 g/mol. The number of pyridine rings is 1. The van der Waals surface area contributed by atoms with Crippen molar-refractivity contribution in [1.29, 1.82) is 0 Å². The fourth-order valence-corrected chi connectivity index (χ4v) is 2.90. The molecular weight excluding hydrogens is 372 g/mol. The molecule has 1 N–H and O–H groups in total. The van der Waals surface area contributed by atoms with Gasteiger partial charge in [-0.05, 0) is 40.2 Å². The van der Waals surface area contributed by atoms with Crippen LogP contribution in [-0.4, -0.2) is 48.4 Å². The molecule has 1 aliphatic rings. The first kappa shape index (κ1) is 16.4. The zero-order valence-corrected chi connectivity index (χ0v) is 14.6. The van der Waals surface area contributed by atoms with Crippen molar-refractivity contribution in [1.82, 2.24) is 9.88 Å². The first-order valence-corrected chi connectivity index (χ1v) is 8.43. The highest BCUT2D eigenvalue weighted by atomic mass is 79.9. The smallest absolute Gasteiger partial charge is 0.257 e. The van der Waals surface area contributed by atoms with Crippen molar-refractivity contribution in [2.45, 2.75) is 0 Å². The van der Waals surface area contributed by atoms with E-state index in [1.807, 2.05) is 30.3 Å². The molecule has 1 saturated heterocycles. The quantitative estimate of drug-likeness (QED) is 0.816. The molecule has 2 aromatic rings. The number of hydrogen-bond donors (Lipinski definition) is 1.